The van der Waals surface area contributed by atoms with Crippen molar-refractivity contribution in [3.05, 3.63) is 53.8 Å². The summed E-state index contributed by atoms with van der Waals surface area (Å²) in [6.45, 7) is 1.97. The van der Waals surface area contributed by atoms with E-state index in [9.17, 15) is 4.79 Å². The highest BCUT2D eigenvalue weighted by Crippen LogP contribution is 2.28. The monoisotopic (exact) mass is 404 g/mol. The minimum absolute atomic E-state index is 0. The molecule has 1 fully saturated rings. The first-order valence-corrected chi connectivity index (χ1v) is 9.46. The Kier molecular flexibility index (Phi) is 6.20. The standard InChI is InChI=1S/C18H20N6OS.ClH/c25-17(18(7-10-19-11-8-18)24-12-4-9-21-24)20-13-15-22-23-16(26-15)14-5-2-1-3-6-14;/h1-6,9,12,19H,7-8,10-11,13H2,(H,20,25);1H. The second-order valence-corrected chi connectivity index (χ2v) is 7.34. The molecule has 0 aliphatic carbocycles. The fraction of sp³-hybridized carbons (Fsp3) is 0.333. The molecule has 4 rings (SSSR count). The van der Waals surface area contributed by atoms with Crippen LogP contribution in [0.3, 0.4) is 0 Å². The minimum Gasteiger partial charge on any atom is -0.347 e. The van der Waals surface area contributed by atoms with Gasteiger partial charge in [0.05, 0.1) is 6.54 Å². The third-order valence-electron chi connectivity index (χ3n) is 4.68. The zero-order valence-corrected chi connectivity index (χ0v) is 16.3. The topological polar surface area (TPSA) is 84.7 Å². The maximum absolute atomic E-state index is 13.0. The van der Waals surface area contributed by atoms with Crippen LogP contribution in [0.1, 0.15) is 17.8 Å². The van der Waals surface area contributed by atoms with Crippen molar-refractivity contribution in [3.8, 4) is 10.6 Å². The van der Waals surface area contributed by atoms with Crippen LogP contribution in [0.5, 0.6) is 0 Å². The molecule has 27 heavy (non-hydrogen) atoms. The summed E-state index contributed by atoms with van der Waals surface area (Å²) < 4.78 is 1.79. The van der Waals surface area contributed by atoms with Gasteiger partial charge in [0.1, 0.15) is 15.6 Å². The molecule has 7 nitrogen and oxygen atoms in total. The third-order valence-corrected chi connectivity index (χ3v) is 5.66. The van der Waals surface area contributed by atoms with Crippen LogP contribution >= 0.6 is 23.7 Å². The number of nitrogens with zero attached hydrogens (tertiary/aromatic N) is 4. The van der Waals surface area contributed by atoms with Crippen molar-refractivity contribution in [2.24, 2.45) is 0 Å². The Bertz CT molecular complexity index is 861. The van der Waals surface area contributed by atoms with E-state index in [1.54, 1.807) is 10.9 Å². The molecule has 1 saturated heterocycles. The lowest BCUT2D eigenvalue weighted by molar-refractivity contribution is -0.132. The predicted octanol–water partition coefficient (Wildman–Crippen LogP) is 2.22. The molecule has 2 aromatic heterocycles. The zero-order chi connectivity index (χ0) is 17.8. The summed E-state index contributed by atoms with van der Waals surface area (Å²) in [5, 5.41) is 20.8. The summed E-state index contributed by atoms with van der Waals surface area (Å²) in [5.41, 5.74) is 0.399. The number of nitrogens with one attached hydrogen (secondary N) is 2. The van der Waals surface area contributed by atoms with Crippen molar-refractivity contribution >= 4 is 29.7 Å². The average molecular weight is 405 g/mol. The lowest BCUT2D eigenvalue weighted by Crippen LogP contribution is -2.54. The first kappa shape index (κ1) is 19.5. The van der Waals surface area contributed by atoms with Gasteiger partial charge in [-0.05, 0) is 32.0 Å². The molecule has 0 saturated carbocycles. The number of piperidine rings is 1. The number of carbonyl (C=O) groups is 1. The molecule has 0 spiro atoms. The molecule has 2 N–H and O–H groups in total. The average Bonchev–Trinajstić information content (AvgIpc) is 3.39. The van der Waals surface area contributed by atoms with Gasteiger partial charge in [-0.1, -0.05) is 41.7 Å². The van der Waals surface area contributed by atoms with Gasteiger partial charge in [0.15, 0.2) is 0 Å². The van der Waals surface area contributed by atoms with Gasteiger partial charge in [0.25, 0.3) is 0 Å². The molecule has 0 bridgehead atoms. The largest absolute Gasteiger partial charge is 0.347 e. The number of benzene rings is 1. The van der Waals surface area contributed by atoms with E-state index in [0.29, 0.717) is 19.4 Å². The van der Waals surface area contributed by atoms with Gasteiger partial charge in [0, 0.05) is 18.0 Å². The van der Waals surface area contributed by atoms with Crippen molar-refractivity contribution < 1.29 is 4.79 Å². The van der Waals surface area contributed by atoms with E-state index in [2.05, 4.69) is 25.9 Å². The fourth-order valence-electron chi connectivity index (χ4n) is 3.27. The molecule has 3 aromatic rings. The van der Waals surface area contributed by atoms with Crippen LogP contribution in [-0.4, -0.2) is 39.0 Å². The predicted molar refractivity (Wildman–Crippen MR) is 107 cm³/mol. The van der Waals surface area contributed by atoms with Crippen LogP contribution < -0.4 is 10.6 Å². The molecule has 1 amide bonds. The van der Waals surface area contributed by atoms with Crippen LogP contribution in [0.2, 0.25) is 0 Å². The van der Waals surface area contributed by atoms with Gasteiger partial charge in [-0.15, -0.1) is 22.6 Å². The van der Waals surface area contributed by atoms with Crippen molar-refractivity contribution in [2.75, 3.05) is 13.1 Å². The smallest absolute Gasteiger partial charge is 0.248 e. The van der Waals surface area contributed by atoms with Crippen LogP contribution in [-0.2, 0) is 16.9 Å². The summed E-state index contributed by atoms with van der Waals surface area (Å²) in [7, 11) is 0. The van der Waals surface area contributed by atoms with Crippen molar-refractivity contribution in [1.82, 2.24) is 30.6 Å². The van der Waals surface area contributed by atoms with Gasteiger partial charge in [0.2, 0.25) is 5.91 Å². The van der Waals surface area contributed by atoms with Gasteiger partial charge in [-0.25, -0.2) is 0 Å². The lowest BCUT2D eigenvalue weighted by Gasteiger charge is -2.36. The molecule has 9 heteroatoms. The number of halogens is 1. The highest BCUT2D eigenvalue weighted by atomic mass is 35.5. The van der Waals surface area contributed by atoms with Crippen LogP contribution in [0.4, 0.5) is 0 Å². The van der Waals surface area contributed by atoms with Gasteiger partial charge in [-0.3, -0.25) is 9.48 Å². The number of amides is 1. The van der Waals surface area contributed by atoms with Crippen LogP contribution in [0, 0.1) is 0 Å². The molecule has 142 valence electrons. The van der Waals surface area contributed by atoms with E-state index in [-0.39, 0.29) is 18.3 Å². The summed E-state index contributed by atoms with van der Waals surface area (Å²) in [6.07, 6.45) is 5.01. The van der Waals surface area contributed by atoms with E-state index in [4.69, 9.17) is 0 Å². The SMILES string of the molecule is Cl.O=C(NCc1nnc(-c2ccccc2)s1)C1(n2cccn2)CCNCC1. The number of aromatic nitrogens is 4. The Morgan fingerprint density at radius 1 is 1.19 bits per heavy atom. The Morgan fingerprint density at radius 3 is 2.67 bits per heavy atom. The number of hydrogen-bond donors (Lipinski definition) is 2. The Hall–Kier alpha value is -2.29. The number of hydrogen-bond acceptors (Lipinski definition) is 6. The van der Waals surface area contributed by atoms with E-state index >= 15 is 0 Å². The van der Waals surface area contributed by atoms with Gasteiger partial charge < -0.3 is 10.6 Å². The molecule has 3 heterocycles. The summed E-state index contributed by atoms with van der Waals surface area (Å²) >= 11 is 1.50. The Labute approximate surface area is 167 Å². The maximum Gasteiger partial charge on any atom is 0.248 e. The normalized spacial score (nSPS) is 15.7. The van der Waals surface area contributed by atoms with Crippen molar-refractivity contribution in [2.45, 2.75) is 24.9 Å². The maximum atomic E-state index is 13.0. The molecule has 1 aromatic carbocycles. The highest BCUT2D eigenvalue weighted by molar-refractivity contribution is 7.14. The Balaban J connectivity index is 0.00000210. The van der Waals surface area contributed by atoms with E-state index in [1.165, 1.54) is 11.3 Å². The molecule has 0 unspecified atom stereocenters. The summed E-state index contributed by atoms with van der Waals surface area (Å²) in [5.74, 6) is -0.0147. The molecule has 1 aliphatic heterocycles. The summed E-state index contributed by atoms with van der Waals surface area (Å²) in [4.78, 5) is 13.0. The van der Waals surface area contributed by atoms with Crippen LogP contribution in [0.25, 0.3) is 10.6 Å². The van der Waals surface area contributed by atoms with E-state index in [1.807, 2.05) is 42.6 Å². The highest BCUT2D eigenvalue weighted by Gasteiger charge is 2.41. The molecule has 0 atom stereocenters. The Morgan fingerprint density at radius 2 is 1.96 bits per heavy atom. The molecular weight excluding hydrogens is 384 g/mol. The summed E-state index contributed by atoms with van der Waals surface area (Å²) in [6, 6.07) is 11.8. The first-order valence-electron chi connectivity index (χ1n) is 8.65. The quantitative estimate of drug-likeness (QED) is 0.681. The zero-order valence-electron chi connectivity index (χ0n) is 14.7. The van der Waals surface area contributed by atoms with Crippen LogP contribution in [0.15, 0.2) is 48.8 Å². The first-order chi connectivity index (χ1) is 12.8. The van der Waals surface area contributed by atoms with Gasteiger partial charge >= 0.3 is 0 Å². The minimum atomic E-state index is -0.637. The number of rotatable bonds is 5. The number of carbonyl (C=O) groups excluding carboxylic acids is 1. The fourth-order valence-corrected chi connectivity index (χ4v) is 4.05. The van der Waals surface area contributed by atoms with Crippen molar-refractivity contribution in [1.29, 1.82) is 0 Å². The molecule has 1 aliphatic rings. The lowest BCUT2D eigenvalue weighted by atomic mass is 9.87. The third kappa shape index (κ3) is 4.02. The second-order valence-electron chi connectivity index (χ2n) is 6.28. The van der Waals surface area contributed by atoms with E-state index in [0.717, 1.165) is 28.7 Å². The molecular formula is C18H21ClN6OS. The molecule has 0 radical (unpaired) electrons. The second kappa shape index (κ2) is 8.60. The van der Waals surface area contributed by atoms with Crippen molar-refractivity contribution in [3.63, 3.8) is 0 Å². The van der Waals surface area contributed by atoms with E-state index < -0.39 is 5.54 Å². The van der Waals surface area contributed by atoms with Gasteiger partial charge in [-0.2, -0.15) is 5.10 Å².